The predicted octanol–water partition coefficient (Wildman–Crippen LogP) is 18.1. The largest absolute Gasteiger partial charge is 0.456 e. The summed E-state index contributed by atoms with van der Waals surface area (Å²) in [6.45, 7) is 2.26. The maximum absolute atomic E-state index is 6.66. The molecule has 75 heavy (non-hydrogen) atoms. The lowest BCUT2D eigenvalue weighted by Crippen LogP contribution is -2.25. The summed E-state index contributed by atoms with van der Waals surface area (Å²) in [6.07, 6.45) is 0. The molecule has 2 heterocycles. The van der Waals surface area contributed by atoms with Gasteiger partial charge in [-0.15, -0.1) is 0 Å². The van der Waals surface area contributed by atoms with E-state index in [0.717, 1.165) is 72.0 Å². The van der Waals surface area contributed by atoms with Gasteiger partial charge in [-0.25, -0.2) is 15.0 Å². The van der Waals surface area contributed by atoms with E-state index in [4.69, 9.17) is 19.4 Å². The third kappa shape index (κ3) is 6.66. The maximum atomic E-state index is 6.66. The molecular formula is C71H45N3O. The van der Waals surface area contributed by atoms with Crippen molar-refractivity contribution in [3.63, 3.8) is 0 Å². The molecule has 4 nitrogen and oxygen atoms in total. The number of hydrogen-bond acceptors (Lipinski definition) is 4. The van der Waals surface area contributed by atoms with Gasteiger partial charge in [0.1, 0.15) is 11.2 Å². The third-order valence-corrected chi connectivity index (χ3v) is 15.7. The van der Waals surface area contributed by atoms with Crippen molar-refractivity contribution >= 4 is 21.9 Å². The first kappa shape index (κ1) is 42.9. The van der Waals surface area contributed by atoms with Crippen molar-refractivity contribution in [1.29, 1.82) is 0 Å². The Morgan fingerprint density at radius 1 is 0.293 bits per heavy atom. The zero-order valence-electron chi connectivity index (χ0n) is 41.0. The molecule has 4 heteroatoms. The van der Waals surface area contributed by atoms with Crippen molar-refractivity contribution in [3.8, 4) is 101 Å². The van der Waals surface area contributed by atoms with E-state index in [9.17, 15) is 0 Å². The molecule has 0 saturated heterocycles. The Kier molecular flexibility index (Phi) is 9.67. The van der Waals surface area contributed by atoms with Gasteiger partial charge in [-0.2, -0.15) is 0 Å². The van der Waals surface area contributed by atoms with Crippen molar-refractivity contribution in [2.75, 3.05) is 0 Å². The van der Waals surface area contributed by atoms with Gasteiger partial charge < -0.3 is 4.42 Å². The van der Waals surface area contributed by atoms with Crippen LogP contribution < -0.4 is 0 Å². The van der Waals surface area contributed by atoms with E-state index in [1.54, 1.807) is 0 Å². The second-order valence-electron chi connectivity index (χ2n) is 19.8. The second-order valence-corrected chi connectivity index (χ2v) is 19.8. The lowest BCUT2D eigenvalue weighted by Gasteiger charge is -2.30. The molecule has 0 radical (unpaired) electrons. The molecule has 350 valence electrons. The Balaban J connectivity index is 0.865. The van der Waals surface area contributed by atoms with Crippen LogP contribution in [0.4, 0.5) is 0 Å². The molecule has 11 aromatic carbocycles. The van der Waals surface area contributed by atoms with Gasteiger partial charge in [-0.3, -0.25) is 0 Å². The van der Waals surface area contributed by atoms with Gasteiger partial charge in [-0.05, 0) is 126 Å². The quantitative estimate of drug-likeness (QED) is 0.160. The van der Waals surface area contributed by atoms with E-state index in [-0.39, 0.29) is 0 Å². The minimum Gasteiger partial charge on any atom is -0.456 e. The van der Waals surface area contributed by atoms with Crippen LogP contribution in [0, 0.1) is 6.92 Å². The normalized spacial score (nSPS) is 12.7. The highest BCUT2D eigenvalue weighted by Crippen LogP contribution is 2.64. The van der Waals surface area contributed by atoms with Gasteiger partial charge in [0.25, 0.3) is 0 Å². The Bertz CT molecular complexity index is 4260. The van der Waals surface area contributed by atoms with Gasteiger partial charge in [-0.1, -0.05) is 231 Å². The summed E-state index contributed by atoms with van der Waals surface area (Å²) < 4.78 is 6.66. The summed E-state index contributed by atoms with van der Waals surface area (Å²) in [4.78, 5) is 15.7. The van der Waals surface area contributed by atoms with E-state index in [2.05, 4.69) is 237 Å². The van der Waals surface area contributed by atoms with Crippen LogP contribution in [0.25, 0.3) is 123 Å². The Morgan fingerprint density at radius 2 is 0.747 bits per heavy atom. The third-order valence-electron chi connectivity index (χ3n) is 15.7. The molecule has 0 aliphatic heterocycles. The molecule has 0 saturated carbocycles. The molecule has 2 aliphatic carbocycles. The van der Waals surface area contributed by atoms with Gasteiger partial charge in [0.2, 0.25) is 0 Å². The van der Waals surface area contributed by atoms with Crippen molar-refractivity contribution in [2.45, 2.75) is 12.3 Å². The molecule has 2 aromatic heterocycles. The number of aromatic nitrogens is 3. The minimum atomic E-state index is -0.412. The zero-order valence-corrected chi connectivity index (χ0v) is 41.0. The van der Waals surface area contributed by atoms with Gasteiger partial charge in [0, 0.05) is 27.5 Å². The summed E-state index contributed by atoms with van der Waals surface area (Å²) in [5.41, 5.74) is 24.9. The Labute approximate surface area is 435 Å². The van der Waals surface area contributed by atoms with Crippen LogP contribution in [0.15, 0.2) is 259 Å². The van der Waals surface area contributed by atoms with E-state index < -0.39 is 5.41 Å². The fourth-order valence-corrected chi connectivity index (χ4v) is 12.3. The number of fused-ring (bicyclic) bond motifs is 13. The van der Waals surface area contributed by atoms with Crippen LogP contribution in [0.2, 0.25) is 0 Å². The lowest BCUT2D eigenvalue weighted by atomic mass is 9.70. The van der Waals surface area contributed by atoms with E-state index in [1.807, 2.05) is 24.3 Å². The molecule has 0 amide bonds. The fourth-order valence-electron chi connectivity index (χ4n) is 12.3. The molecule has 0 N–H and O–H groups in total. The molecule has 0 fully saturated rings. The zero-order chi connectivity index (χ0) is 49.6. The van der Waals surface area contributed by atoms with Crippen LogP contribution in [-0.2, 0) is 5.41 Å². The van der Waals surface area contributed by atoms with Crippen LogP contribution >= 0.6 is 0 Å². The number of furan rings is 1. The summed E-state index contributed by atoms with van der Waals surface area (Å²) in [7, 11) is 0. The summed E-state index contributed by atoms with van der Waals surface area (Å²) in [5, 5.41) is 1.96. The molecule has 13 aromatic rings. The van der Waals surface area contributed by atoms with Crippen molar-refractivity contribution < 1.29 is 4.42 Å². The van der Waals surface area contributed by atoms with E-state index in [1.165, 1.54) is 61.2 Å². The van der Waals surface area contributed by atoms with Crippen LogP contribution in [0.3, 0.4) is 0 Å². The topological polar surface area (TPSA) is 51.8 Å². The highest BCUT2D eigenvalue weighted by Gasteiger charge is 2.52. The van der Waals surface area contributed by atoms with E-state index >= 15 is 0 Å². The van der Waals surface area contributed by atoms with Crippen molar-refractivity contribution in [3.05, 3.63) is 283 Å². The average Bonchev–Trinajstić information content (AvgIpc) is 4.33. The number of aryl methyl sites for hydroxylation is 1. The standard InChI is InChI=1S/C71H45N3O/c1-44-30-40-62-67(56-24-10-13-28-61(56)71(62)59-26-11-8-22-54(59)55-23-9-12-27-60(55)71)65(44)53-21-14-20-51(42-53)52-39-41-63-58(43-52)66-57(25-15-29-64(66)75-63)70-73-68(49-35-31-47(32-36-49)45-16-4-2-5-17-45)72-69(74-70)50-37-33-48(34-38-50)46-18-6-3-7-19-46/h2-43H,1H3. The second kappa shape index (κ2) is 16.9. The number of hydrogen-bond donors (Lipinski definition) is 0. The predicted molar refractivity (Wildman–Crippen MR) is 306 cm³/mol. The lowest BCUT2D eigenvalue weighted by molar-refractivity contribution is 0.669. The van der Waals surface area contributed by atoms with Gasteiger partial charge in [0.05, 0.1) is 5.41 Å². The molecular weight excluding hydrogens is 911 g/mol. The molecule has 2 aliphatic rings. The van der Waals surface area contributed by atoms with Crippen LogP contribution in [0.5, 0.6) is 0 Å². The highest BCUT2D eigenvalue weighted by atomic mass is 16.3. The monoisotopic (exact) mass is 955 g/mol. The molecule has 15 rings (SSSR count). The smallest absolute Gasteiger partial charge is 0.164 e. The first-order valence-electron chi connectivity index (χ1n) is 25.7. The minimum absolute atomic E-state index is 0.412. The Morgan fingerprint density at radius 3 is 1.37 bits per heavy atom. The first-order valence-corrected chi connectivity index (χ1v) is 25.7. The van der Waals surface area contributed by atoms with Crippen LogP contribution in [0.1, 0.15) is 27.8 Å². The number of rotatable bonds is 7. The molecule has 1 spiro atoms. The summed E-state index contributed by atoms with van der Waals surface area (Å²) in [6, 6.07) is 91.5. The number of benzene rings is 11. The van der Waals surface area contributed by atoms with Crippen LogP contribution in [-0.4, -0.2) is 15.0 Å². The fraction of sp³-hybridized carbons (Fsp3) is 0.0282. The van der Waals surface area contributed by atoms with Gasteiger partial charge in [0.15, 0.2) is 17.5 Å². The SMILES string of the molecule is Cc1ccc2c(c1-c1cccc(-c3ccc4oc5cccc(-c6nc(-c7ccc(-c8ccccc8)cc7)nc(-c7ccc(-c8ccccc8)cc7)n6)c5c4c3)c1)-c1ccccc1C21c2ccccc2-c2ccccc21. The van der Waals surface area contributed by atoms with Gasteiger partial charge >= 0.3 is 0 Å². The highest BCUT2D eigenvalue weighted by molar-refractivity contribution is 6.13. The van der Waals surface area contributed by atoms with Crippen molar-refractivity contribution in [1.82, 2.24) is 15.0 Å². The average molecular weight is 956 g/mol. The van der Waals surface area contributed by atoms with Crippen molar-refractivity contribution in [2.24, 2.45) is 0 Å². The molecule has 0 atom stereocenters. The summed E-state index contributed by atoms with van der Waals surface area (Å²) >= 11 is 0. The number of nitrogens with zero attached hydrogens (tertiary/aromatic N) is 3. The Hall–Kier alpha value is -9.77. The first-order chi connectivity index (χ1) is 37.1. The maximum Gasteiger partial charge on any atom is 0.164 e. The van der Waals surface area contributed by atoms with E-state index in [0.29, 0.717) is 17.5 Å². The molecule has 0 unspecified atom stereocenters. The summed E-state index contributed by atoms with van der Waals surface area (Å²) in [5.74, 6) is 1.78. The molecule has 0 bridgehead atoms.